The summed E-state index contributed by atoms with van der Waals surface area (Å²) in [4.78, 5) is 0.373. The molecule has 10 heteroatoms. The van der Waals surface area contributed by atoms with E-state index in [0.717, 1.165) is 22.6 Å². The predicted octanol–water partition coefficient (Wildman–Crippen LogP) is 7.46. The fourth-order valence-corrected chi connectivity index (χ4v) is 4.01. The van der Waals surface area contributed by atoms with Crippen LogP contribution in [0.2, 0.25) is 0 Å². The summed E-state index contributed by atoms with van der Waals surface area (Å²) in [6, 6.07) is 20.4. The molecule has 4 aromatic rings. The summed E-state index contributed by atoms with van der Waals surface area (Å²) in [5, 5.41) is 36.5. The monoisotopic (exact) mass is 507 g/mol. The van der Waals surface area contributed by atoms with E-state index in [1.165, 1.54) is 0 Å². The third kappa shape index (κ3) is 5.86. The molecule has 0 unspecified atom stereocenters. The molecule has 0 aromatic heterocycles. The summed E-state index contributed by atoms with van der Waals surface area (Å²) < 4.78 is 15.7. The molecule has 0 heterocycles. The number of anilines is 1. The first-order valence-electron chi connectivity index (χ1n) is 10.9. The Morgan fingerprint density at radius 1 is 0.944 bits per heavy atom. The van der Waals surface area contributed by atoms with Gasteiger partial charge >= 0.3 is 0 Å². The van der Waals surface area contributed by atoms with Crippen LogP contribution in [-0.2, 0) is 9.37 Å². The highest BCUT2D eigenvalue weighted by atomic mass is 32.2. The van der Waals surface area contributed by atoms with E-state index in [1.54, 1.807) is 19.2 Å². The summed E-state index contributed by atoms with van der Waals surface area (Å²) >= 11 is 0.685. The van der Waals surface area contributed by atoms with Crippen LogP contribution >= 0.6 is 12.0 Å². The molecule has 0 radical (unpaired) electrons. The number of hydrogen-bond acceptors (Lipinski definition) is 10. The van der Waals surface area contributed by atoms with Crippen molar-refractivity contribution in [1.29, 1.82) is 0 Å². The lowest BCUT2D eigenvalue weighted by atomic mass is 10.1. The van der Waals surface area contributed by atoms with E-state index in [4.69, 9.17) is 14.7 Å². The molecular formula is C26H25N3O6S. The predicted molar refractivity (Wildman–Crippen MR) is 138 cm³/mol. The molecule has 0 aliphatic rings. The van der Waals surface area contributed by atoms with E-state index in [2.05, 4.69) is 24.9 Å². The summed E-state index contributed by atoms with van der Waals surface area (Å²) in [5.74, 6) is 1.20. The van der Waals surface area contributed by atoms with Gasteiger partial charge in [-0.1, -0.05) is 23.2 Å². The van der Waals surface area contributed by atoms with Crippen molar-refractivity contribution < 1.29 is 29.2 Å². The van der Waals surface area contributed by atoms with E-state index < -0.39 is 0 Å². The zero-order valence-electron chi connectivity index (χ0n) is 19.9. The van der Waals surface area contributed by atoms with Crippen molar-refractivity contribution >= 4 is 39.9 Å². The van der Waals surface area contributed by atoms with Crippen LogP contribution in [0.15, 0.2) is 81.9 Å². The van der Waals surface area contributed by atoms with Gasteiger partial charge in [0.25, 0.3) is 0 Å². The standard InChI is InChI=1S/C26H25N3O6S/c1-16-11-22(23(32-3)12-17(16)2)28-29-25-24(36-35-34-31)14-18-13-19(9-10-21(18)26(25)30)27-15-33-20-7-5-4-6-8-20/h4-14,27,30-31H,15H2,1-3H3. The van der Waals surface area contributed by atoms with E-state index in [0.29, 0.717) is 39.1 Å². The Hall–Kier alpha value is -3.83. The summed E-state index contributed by atoms with van der Waals surface area (Å²) in [5.41, 5.74) is 3.52. The summed E-state index contributed by atoms with van der Waals surface area (Å²) in [7, 11) is 1.56. The van der Waals surface area contributed by atoms with Crippen molar-refractivity contribution in [2.75, 3.05) is 19.2 Å². The van der Waals surface area contributed by atoms with Crippen LogP contribution in [0.5, 0.6) is 17.2 Å². The first-order chi connectivity index (χ1) is 17.5. The molecule has 4 rings (SSSR count). The zero-order chi connectivity index (χ0) is 25.5. The van der Waals surface area contributed by atoms with Gasteiger partial charge in [-0.25, -0.2) is 5.26 Å². The molecule has 0 amide bonds. The molecule has 0 fully saturated rings. The van der Waals surface area contributed by atoms with Crippen molar-refractivity contribution in [2.24, 2.45) is 10.2 Å². The number of aromatic hydroxyl groups is 1. The molecule has 9 nitrogen and oxygen atoms in total. The van der Waals surface area contributed by atoms with Gasteiger partial charge in [-0.2, -0.15) is 0 Å². The van der Waals surface area contributed by atoms with Crippen molar-refractivity contribution in [3.63, 3.8) is 0 Å². The van der Waals surface area contributed by atoms with Crippen molar-refractivity contribution in [3.05, 3.63) is 77.9 Å². The van der Waals surface area contributed by atoms with Gasteiger partial charge in [-0.15, -0.1) is 14.6 Å². The van der Waals surface area contributed by atoms with Crippen molar-refractivity contribution in [3.8, 4) is 17.2 Å². The minimum absolute atomic E-state index is 0.102. The second kappa shape index (κ2) is 11.7. The number of phenolic OH excluding ortho intramolecular Hbond substituents is 1. The molecule has 0 saturated heterocycles. The van der Waals surface area contributed by atoms with Crippen LogP contribution in [0.25, 0.3) is 10.8 Å². The Balaban J connectivity index is 1.65. The molecule has 186 valence electrons. The number of ether oxygens (including phenoxy) is 2. The van der Waals surface area contributed by atoms with Crippen LogP contribution in [-0.4, -0.2) is 24.2 Å². The molecule has 0 bridgehead atoms. The Bertz CT molecular complexity index is 1380. The Labute approximate surface area is 212 Å². The number of para-hydroxylation sites is 1. The number of nitrogens with one attached hydrogen (secondary N) is 1. The summed E-state index contributed by atoms with van der Waals surface area (Å²) in [6.45, 7) is 4.20. The Morgan fingerprint density at radius 2 is 1.72 bits per heavy atom. The molecule has 3 N–H and O–H groups in total. The third-order valence-corrected chi connectivity index (χ3v) is 6.14. The molecule has 4 aromatic carbocycles. The number of fused-ring (bicyclic) bond motifs is 1. The lowest BCUT2D eigenvalue weighted by Crippen LogP contribution is -2.08. The number of benzene rings is 4. The largest absolute Gasteiger partial charge is 0.505 e. The van der Waals surface area contributed by atoms with Crippen molar-refractivity contribution in [1.82, 2.24) is 0 Å². The van der Waals surface area contributed by atoms with Gasteiger partial charge in [-0.3, -0.25) is 0 Å². The van der Waals surface area contributed by atoms with Crippen LogP contribution in [0.4, 0.5) is 17.1 Å². The third-order valence-electron chi connectivity index (χ3n) is 5.52. The first kappa shape index (κ1) is 25.3. The molecule has 0 aliphatic heterocycles. The van der Waals surface area contributed by atoms with Gasteiger partial charge < -0.3 is 19.9 Å². The Morgan fingerprint density at radius 3 is 2.47 bits per heavy atom. The number of methoxy groups -OCH3 is 1. The first-order valence-corrected chi connectivity index (χ1v) is 11.7. The SMILES string of the molecule is COc1cc(C)c(C)cc1N=Nc1c(SOOO)cc2cc(NCOc3ccccc3)ccc2c1O. The normalized spacial score (nSPS) is 11.2. The van der Waals surface area contributed by atoms with Gasteiger partial charge in [0, 0.05) is 11.1 Å². The van der Waals surface area contributed by atoms with E-state index >= 15 is 0 Å². The van der Waals surface area contributed by atoms with E-state index in [1.807, 2.05) is 68.4 Å². The number of phenols is 1. The number of nitrogens with zero attached hydrogens (tertiary/aromatic N) is 2. The minimum Gasteiger partial charge on any atom is -0.505 e. The fourth-order valence-electron chi connectivity index (χ4n) is 3.51. The highest BCUT2D eigenvalue weighted by Crippen LogP contribution is 2.45. The van der Waals surface area contributed by atoms with Gasteiger partial charge in [-0.05, 0) is 78.9 Å². The number of hydrogen-bond donors (Lipinski definition) is 3. The van der Waals surface area contributed by atoms with Crippen molar-refractivity contribution in [2.45, 2.75) is 18.7 Å². The maximum Gasteiger partial charge on any atom is 0.159 e. The summed E-state index contributed by atoms with van der Waals surface area (Å²) in [6.07, 6.45) is 0. The van der Waals surface area contributed by atoms with Crippen LogP contribution in [0, 0.1) is 13.8 Å². The van der Waals surface area contributed by atoms with Crippen LogP contribution in [0.1, 0.15) is 11.1 Å². The highest BCUT2D eigenvalue weighted by molar-refractivity contribution is 7.94. The quantitative estimate of drug-likeness (QED) is 0.0666. The minimum atomic E-state index is -0.102. The lowest BCUT2D eigenvalue weighted by molar-refractivity contribution is -0.432. The maximum atomic E-state index is 11.0. The highest BCUT2D eigenvalue weighted by Gasteiger charge is 2.16. The van der Waals surface area contributed by atoms with Gasteiger partial charge in [0.1, 0.15) is 22.9 Å². The average molecular weight is 508 g/mol. The molecular weight excluding hydrogens is 482 g/mol. The molecule has 0 saturated carbocycles. The van der Waals surface area contributed by atoms with E-state index in [-0.39, 0.29) is 18.2 Å². The van der Waals surface area contributed by atoms with Gasteiger partial charge in [0.15, 0.2) is 12.5 Å². The van der Waals surface area contributed by atoms with Gasteiger partial charge in [0.2, 0.25) is 0 Å². The molecule has 36 heavy (non-hydrogen) atoms. The Kier molecular flexibility index (Phi) is 8.24. The molecule has 0 atom stereocenters. The molecule has 0 aliphatic carbocycles. The lowest BCUT2D eigenvalue weighted by Gasteiger charge is -2.12. The second-order valence-corrected chi connectivity index (χ2v) is 8.56. The van der Waals surface area contributed by atoms with Crippen LogP contribution < -0.4 is 14.8 Å². The second-order valence-electron chi connectivity index (χ2n) is 7.82. The smallest absolute Gasteiger partial charge is 0.159 e. The number of aryl methyl sites for hydroxylation is 2. The van der Waals surface area contributed by atoms with Crippen LogP contribution in [0.3, 0.4) is 0 Å². The van der Waals surface area contributed by atoms with E-state index in [9.17, 15) is 5.11 Å². The average Bonchev–Trinajstić information content (AvgIpc) is 2.89. The molecule has 0 spiro atoms. The van der Waals surface area contributed by atoms with Gasteiger partial charge in [0.05, 0.1) is 24.0 Å². The number of azo groups is 1. The topological polar surface area (TPSA) is 114 Å². The zero-order valence-corrected chi connectivity index (χ0v) is 20.7. The maximum absolute atomic E-state index is 11.0. The number of rotatable bonds is 10. The fraction of sp³-hybridized carbons (Fsp3) is 0.154.